The van der Waals surface area contributed by atoms with Gasteiger partial charge in [0.1, 0.15) is 54.6 Å². The molecule has 0 aliphatic carbocycles. The molecule has 3 saturated heterocycles. The molecule has 0 radical (unpaired) electrons. The summed E-state index contributed by atoms with van der Waals surface area (Å²) in [5.41, 5.74) is 9.22. The van der Waals surface area contributed by atoms with Gasteiger partial charge in [-0.25, -0.2) is 38.0 Å². The highest BCUT2D eigenvalue weighted by Gasteiger charge is 2.53. The zero-order valence-corrected chi connectivity index (χ0v) is 43.5. The Morgan fingerprint density at radius 1 is 0.753 bits per heavy atom. The molecule has 4 unspecified atom stereocenters. The summed E-state index contributed by atoms with van der Waals surface area (Å²) in [6, 6.07) is 0.915. The molecule has 38 nitrogen and oxygen atoms in total. The third-order valence-electron chi connectivity index (χ3n) is 11.9. The third kappa shape index (κ3) is 13.0. The number of nitrogen functional groups attached to an aromatic ring is 2. The number of nitrogens with two attached hydrogens (primary N) is 2. The van der Waals surface area contributed by atoms with E-state index >= 15 is 0 Å². The van der Waals surface area contributed by atoms with Crippen molar-refractivity contribution >= 4 is 65.4 Å². The fraction of sp³-hybridized carbons (Fsp3) is 0.600. The molecule has 5 aromatic heterocycles. The van der Waals surface area contributed by atoms with Gasteiger partial charge >= 0.3 is 34.7 Å². The van der Waals surface area contributed by atoms with Gasteiger partial charge in [-0.05, 0) is 0 Å². The van der Waals surface area contributed by atoms with Crippen LogP contribution in [0, 0.1) is 5.92 Å². The number of aromatic amines is 2. The average molecular weight is 1180 g/mol. The van der Waals surface area contributed by atoms with E-state index in [0.717, 1.165) is 32.0 Å². The monoisotopic (exact) mass is 1180 g/mol. The fourth-order valence-corrected chi connectivity index (χ4v) is 12.9. The minimum Gasteiger partial charge on any atom is -0.756 e. The summed E-state index contributed by atoms with van der Waals surface area (Å²) in [5, 5.41) is 32.7. The summed E-state index contributed by atoms with van der Waals surface area (Å²) in [6.45, 7) is -3.52. The summed E-state index contributed by atoms with van der Waals surface area (Å²) >= 11 is 0. The molecular formula is C35H50N12O26P4. The van der Waals surface area contributed by atoms with Crippen molar-refractivity contribution in [2.24, 2.45) is 13.0 Å². The Kier molecular flexibility index (Phi) is 17.6. The number of phosphoric ester groups is 3. The number of aliphatic hydroxyl groups is 3. The second kappa shape index (κ2) is 23.2. The maximum atomic E-state index is 13.5. The molecule has 3 aliphatic heterocycles. The van der Waals surface area contributed by atoms with Gasteiger partial charge in [0.15, 0.2) is 23.9 Å². The van der Waals surface area contributed by atoms with Crippen molar-refractivity contribution in [3.05, 3.63) is 62.4 Å². The number of rotatable bonds is 24. The van der Waals surface area contributed by atoms with Crippen LogP contribution in [0.25, 0.3) is 22.3 Å². The Balaban J connectivity index is 0.943. The first-order chi connectivity index (χ1) is 36.2. The number of phosphoric acid groups is 4. The molecule has 3 aliphatic rings. The summed E-state index contributed by atoms with van der Waals surface area (Å²) in [6.07, 6.45) is -13.8. The number of nitrogens with one attached hydrogen (secondary N) is 2. The first-order valence-corrected chi connectivity index (χ1v) is 28.1. The second-order valence-electron chi connectivity index (χ2n) is 16.9. The number of aromatic nitrogens is 10. The second-order valence-corrected chi connectivity index (χ2v) is 22.9. The lowest BCUT2D eigenvalue weighted by molar-refractivity contribution is -0.646. The van der Waals surface area contributed by atoms with Crippen LogP contribution in [0.4, 0.5) is 11.8 Å². The molecule has 8 rings (SSSR count). The van der Waals surface area contributed by atoms with Crippen molar-refractivity contribution in [2.75, 3.05) is 65.3 Å². The molecule has 42 heteroatoms. The minimum atomic E-state index is -6.21. The normalized spacial score (nSPS) is 29.9. The molecule has 426 valence electrons. The number of aliphatic hydroxyl groups excluding tert-OH is 3. The van der Waals surface area contributed by atoms with E-state index in [1.807, 2.05) is 4.98 Å². The van der Waals surface area contributed by atoms with Crippen molar-refractivity contribution in [2.45, 2.75) is 67.5 Å². The number of aryl methyl sites for hydroxylation is 1. The lowest BCUT2D eigenvalue weighted by atomic mass is 9.99. The number of imidazole rings is 2. The van der Waals surface area contributed by atoms with Crippen molar-refractivity contribution in [1.29, 1.82) is 0 Å². The number of ether oxygens (including phenoxy) is 6. The van der Waals surface area contributed by atoms with E-state index in [0.29, 0.717) is 4.57 Å². The number of hydrogen-bond acceptors (Lipinski definition) is 29. The molecule has 3 fully saturated rings. The molecule has 12 N–H and O–H groups in total. The van der Waals surface area contributed by atoms with Gasteiger partial charge < -0.3 is 83.8 Å². The van der Waals surface area contributed by atoms with E-state index < -0.39 is 141 Å². The minimum absolute atomic E-state index is 0.00970. The van der Waals surface area contributed by atoms with Crippen LogP contribution < -0.4 is 37.7 Å². The zero-order valence-electron chi connectivity index (χ0n) is 39.9. The fourth-order valence-electron chi connectivity index (χ4n) is 8.43. The van der Waals surface area contributed by atoms with E-state index in [4.69, 9.17) is 58.0 Å². The first kappa shape index (κ1) is 58.5. The van der Waals surface area contributed by atoms with Crippen LogP contribution in [0.15, 0.2) is 45.6 Å². The topological polar surface area (TPSA) is 529 Å². The maximum Gasteiger partial charge on any atom is 0.490 e. The van der Waals surface area contributed by atoms with Gasteiger partial charge in [-0.15, -0.1) is 0 Å². The van der Waals surface area contributed by atoms with Crippen LogP contribution in [0.5, 0.6) is 0 Å². The number of anilines is 2. The number of methoxy groups -OCH3 is 2. The van der Waals surface area contributed by atoms with Crippen LogP contribution in [0.3, 0.4) is 0 Å². The molecule has 5 aromatic rings. The lowest BCUT2D eigenvalue weighted by Crippen LogP contribution is -2.39. The van der Waals surface area contributed by atoms with Crippen LogP contribution in [-0.2, 0) is 80.4 Å². The molecule has 77 heavy (non-hydrogen) atoms. The van der Waals surface area contributed by atoms with E-state index in [1.165, 1.54) is 34.2 Å². The van der Waals surface area contributed by atoms with E-state index in [1.54, 1.807) is 0 Å². The SMILES string of the molecule is COCCOC[C@H]1[C@@H](O)[C@H](n2c[n+](C)c3c(=O)[nH]c(N)nc32)O[C@@H]1COP(=O)(O)OP(=O)(O)OP(=O)(O)OC[C@H]1O[C@@H](n2cnc3c(N)ncnc32)[C@H](OC)[C@@H]1OP(=O)([O-])OC[C@H]1O[C@@H](n2ccc(=O)[nH]c2=O)[C@H](O)[C@@H]1O. The first-order valence-electron chi connectivity index (χ1n) is 22.2. The molecule has 0 bridgehead atoms. The maximum absolute atomic E-state index is 13.5. The van der Waals surface area contributed by atoms with Crippen molar-refractivity contribution < 1.29 is 113 Å². The standard InChI is InChI=1S/C35H50N12O26P4/c1-44-14-47(29-21(44)30(52)43-34(37)42-29)31-22(49)15(8-64-7-6-62-2)16(68-31)9-66-75(56,57)72-77(60,61)73-76(58,59)67-11-18-25(26(63-3)33(70-18)46-13-40-20-27(36)38-12-39-28(20)46)71-74(54,55)65-10-17-23(50)24(51)32(69-17)45-5-4-19(48)41-35(45)53/h4-5,12-18,22-26,31-33,49-51H,6-11H2,1-3H3,(H9-,36,37,38,39,41,42,43,48,52,53,54,55,56,57,58,59,60,61)/t15-,16-,17-,18-,22-,23-,24-,25-,26-,31-,32-,33-/m1/s1. The lowest BCUT2D eigenvalue weighted by Gasteiger charge is -2.31. The predicted octanol–water partition coefficient (Wildman–Crippen LogP) is -4.59. The van der Waals surface area contributed by atoms with E-state index in [2.05, 4.69) is 33.5 Å². The summed E-state index contributed by atoms with van der Waals surface area (Å²) in [4.78, 5) is 102. The van der Waals surface area contributed by atoms with Gasteiger partial charge in [0.05, 0.1) is 59.1 Å². The molecule has 0 amide bonds. The molecular weight excluding hydrogens is 1130 g/mol. The number of fused-ring (bicyclic) bond motifs is 2. The van der Waals surface area contributed by atoms with Gasteiger partial charge in [0.2, 0.25) is 18.5 Å². The van der Waals surface area contributed by atoms with Gasteiger partial charge in [0.25, 0.3) is 24.5 Å². The van der Waals surface area contributed by atoms with Crippen molar-refractivity contribution in [3.63, 3.8) is 0 Å². The Bertz CT molecular complexity index is 3320. The number of hydrogen-bond donors (Lipinski definition) is 10. The largest absolute Gasteiger partial charge is 0.756 e. The van der Waals surface area contributed by atoms with Crippen LogP contribution in [0.1, 0.15) is 18.7 Å². The Morgan fingerprint density at radius 2 is 1.40 bits per heavy atom. The van der Waals surface area contributed by atoms with Gasteiger partial charge in [-0.1, -0.05) is 0 Å². The molecule has 0 aromatic carbocycles. The molecule has 0 spiro atoms. The third-order valence-corrected chi connectivity index (χ3v) is 17.1. The smallest absolute Gasteiger partial charge is 0.490 e. The number of H-pyrrole nitrogens is 2. The van der Waals surface area contributed by atoms with Crippen LogP contribution >= 0.6 is 31.3 Å². The van der Waals surface area contributed by atoms with Crippen molar-refractivity contribution in [3.8, 4) is 0 Å². The Morgan fingerprint density at radius 3 is 2.08 bits per heavy atom. The van der Waals surface area contributed by atoms with E-state index in [-0.39, 0.29) is 53.9 Å². The highest BCUT2D eigenvalue weighted by Crippen LogP contribution is 2.68. The zero-order chi connectivity index (χ0) is 55.9. The highest BCUT2D eigenvalue weighted by molar-refractivity contribution is 7.66. The van der Waals surface area contributed by atoms with Crippen LogP contribution in [0.2, 0.25) is 0 Å². The summed E-state index contributed by atoms with van der Waals surface area (Å²) in [7, 11) is -19.8. The molecule has 16 atom stereocenters. The van der Waals surface area contributed by atoms with Gasteiger partial charge in [-0.2, -0.15) is 18.2 Å². The average Bonchev–Trinajstić information content (AvgIpc) is 4.19. The number of nitrogens with zero attached hydrogens (tertiary/aromatic N) is 8. The quantitative estimate of drug-likeness (QED) is 0.0158. The molecule has 0 saturated carbocycles. The van der Waals surface area contributed by atoms with Gasteiger partial charge in [0, 0.05) is 32.4 Å². The molecule has 8 heterocycles. The predicted molar refractivity (Wildman–Crippen MR) is 246 cm³/mol. The van der Waals surface area contributed by atoms with E-state index in [9.17, 15) is 67.5 Å². The summed E-state index contributed by atoms with van der Waals surface area (Å²) in [5.74, 6) is -1.47. The van der Waals surface area contributed by atoms with Crippen molar-refractivity contribution in [1.82, 2.24) is 43.6 Å². The summed E-state index contributed by atoms with van der Waals surface area (Å²) < 4.78 is 120. The Hall–Kier alpha value is -4.66. The van der Waals surface area contributed by atoms with Gasteiger partial charge in [-0.3, -0.25) is 42.3 Å². The Labute approximate surface area is 429 Å². The van der Waals surface area contributed by atoms with Crippen LogP contribution in [-0.4, -0.2) is 176 Å². The highest BCUT2D eigenvalue weighted by atomic mass is 31.3.